The predicted molar refractivity (Wildman–Crippen MR) is 142 cm³/mol. The third kappa shape index (κ3) is 8.23. The van der Waals surface area contributed by atoms with Crippen LogP contribution in [0.4, 0.5) is 0 Å². The van der Waals surface area contributed by atoms with Gasteiger partial charge in [-0.1, -0.05) is 36.4 Å². The number of aromatic nitrogens is 3. The number of rotatable bonds is 10. The highest BCUT2D eigenvalue weighted by Gasteiger charge is 2.10. The van der Waals surface area contributed by atoms with E-state index in [4.69, 9.17) is 4.99 Å². The van der Waals surface area contributed by atoms with E-state index in [1.165, 1.54) is 5.56 Å². The second-order valence-electron chi connectivity index (χ2n) is 7.65. The molecule has 2 N–H and O–H groups in total. The van der Waals surface area contributed by atoms with E-state index in [9.17, 15) is 0 Å². The lowest BCUT2D eigenvalue weighted by Gasteiger charge is -2.25. The van der Waals surface area contributed by atoms with Crippen molar-refractivity contribution in [3.63, 3.8) is 0 Å². The highest BCUT2D eigenvalue weighted by atomic mass is 127. The van der Waals surface area contributed by atoms with E-state index in [-0.39, 0.29) is 24.0 Å². The number of halogens is 1. The van der Waals surface area contributed by atoms with Crippen LogP contribution in [0.1, 0.15) is 31.4 Å². The highest BCUT2D eigenvalue weighted by molar-refractivity contribution is 14.0. The summed E-state index contributed by atoms with van der Waals surface area (Å²) in [7, 11) is 2.18. The minimum atomic E-state index is 0. The molecule has 0 aliphatic carbocycles. The lowest BCUT2D eigenvalue weighted by molar-refractivity contribution is 0.238. The van der Waals surface area contributed by atoms with E-state index in [1.54, 1.807) is 12.5 Å². The van der Waals surface area contributed by atoms with Gasteiger partial charge in [-0.3, -0.25) is 9.47 Å². The topological polar surface area (TPSA) is 70.4 Å². The Balaban J connectivity index is 0.00000363. The van der Waals surface area contributed by atoms with Gasteiger partial charge in [-0.25, -0.2) is 15.0 Å². The van der Waals surface area contributed by atoms with Gasteiger partial charge in [0.2, 0.25) is 0 Å². The smallest absolute Gasteiger partial charge is 0.191 e. The standard InChI is InChI=1S/C24H33N7.HI/c1-4-26-24(27-13-12-20(2)30(3)18-21-8-6-5-7-9-21)29-17-22-10-11-23(28-16-22)31-15-14-25-19-31;/h5-11,14-16,19-20H,4,12-13,17-18H2,1-3H3,(H2,26,27,29);1H. The van der Waals surface area contributed by atoms with Crippen molar-refractivity contribution in [3.05, 3.63) is 78.5 Å². The van der Waals surface area contributed by atoms with Crippen molar-refractivity contribution in [2.24, 2.45) is 4.99 Å². The molecule has 0 saturated heterocycles. The van der Waals surface area contributed by atoms with Crippen LogP contribution in [0.5, 0.6) is 0 Å². The quantitative estimate of drug-likeness (QED) is 0.229. The Morgan fingerprint density at radius 2 is 1.94 bits per heavy atom. The third-order valence-corrected chi connectivity index (χ3v) is 5.22. The summed E-state index contributed by atoms with van der Waals surface area (Å²) in [6.07, 6.45) is 8.27. The monoisotopic (exact) mass is 547 g/mol. The first-order valence-corrected chi connectivity index (χ1v) is 10.8. The molecule has 32 heavy (non-hydrogen) atoms. The van der Waals surface area contributed by atoms with Crippen molar-refractivity contribution in [1.29, 1.82) is 0 Å². The molecule has 172 valence electrons. The molecular formula is C24H34IN7. The molecule has 2 aromatic heterocycles. The predicted octanol–water partition coefficient (Wildman–Crippen LogP) is 3.85. The van der Waals surface area contributed by atoms with Gasteiger partial charge in [-0.15, -0.1) is 24.0 Å². The van der Waals surface area contributed by atoms with Gasteiger partial charge in [-0.2, -0.15) is 0 Å². The van der Waals surface area contributed by atoms with Crippen molar-refractivity contribution in [3.8, 4) is 5.82 Å². The maximum absolute atomic E-state index is 4.71. The number of hydrogen-bond acceptors (Lipinski definition) is 4. The average molecular weight is 547 g/mol. The molecule has 0 radical (unpaired) electrons. The van der Waals surface area contributed by atoms with Gasteiger partial charge in [-0.05, 0) is 44.5 Å². The Bertz CT molecular complexity index is 911. The van der Waals surface area contributed by atoms with Crippen molar-refractivity contribution >= 4 is 29.9 Å². The molecule has 0 saturated carbocycles. The molecule has 0 amide bonds. The molecule has 3 aromatic rings. The summed E-state index contributed by atoms with van der Waals surface area (Å²) < 4.78 is 1.88. The van der Waals surface area contributed by atoms with Gasteiger partial charge >= 0.3 is 0 Å². The zero-order chi connectivity index (χ0) is 21.9. The molecule has 1 aromatic carbocycles. The Kier molecular flexibility index (Phi) is 11.2. The van der Waals surface area contributed by atoms with Crippen LogP contribution in [-0.4, -0.2) is 51.6 Å². The number of hydrogen-bond donors (Lipinski definition) is 2. The lowest BCUT2D eigenvalue weighted by Crippen LogP contribution is -2.40. The van der Waals surface area contributed by atoms with Crippen molar-refractivity contribution in [2.45, 2.75) is 39.4 Å². The van der Waals surface area contributed by atoms with Crippen LogP contribution >= 0.6 is 24.0 Å². The van der Waals surface area contributed by atoms with Crippen LogP contribution in [0.2, 0.25) is 0 Å². The van der Waals surface area contributed by atoms with Gasteiger partial charge in [0.15, 0.2) is 5.96 Å². The molecule has 2 heterocycles. The van der Waals surface area contributed by atoms with E-state index in [1.807, 2.05) is 23.0 Å². The molecule has 0 bridgehead atoms. The first-order chi connectivity index (χ1) is 15.2. The Morgan fingerprint density at radius 1 is 1.12 bits per heavy atom. The Hall–Kier alpha value is -2.46. The summed E-state index contributed by atoms with van der Waals surface area (Å²) in [5, 5.41) is 6.78. The van der Waals surface area contributed by atoms with E-state index in [0.717, 1.165) is 43.4 Å². The van der Waals surface area contributed by atoms with Crippen LogP contribution in [0.25, 0.3) is 5.82 Å². The van der Waals surface area contributed by atoms with Gasteiger partial charge in [0.25, 0.3) is 0 Å². The summed E-state index contributed by atoms with van der Waals surface area (Å²) in [5.74, 6) is 1.68. The fourth-order valence-electron chi connectivity index (χ4n) is 3.22. The minimum Gasteiger partial charge on any atom is -0.357 e. The van der Waals surface area contributed by atoms with Gasteiger partial charge in [0.05, 0.1) is 6.54 Å². The number of pyridine rings is 1. The summed E-state index contributed by atoms with van der Waals surface area (Å²) >= 11 is 0. The molecule has 1 atom stereocenters. The zero-order valence-electron chi connectivity index (χ0n) is 19.1. The molecule has 0 aliphatic heterocycles. The fraction of sp³-hybridized carbons (Fsp3) is 0.375. The Morgan fingerprint density at radius 3 is 2.59 bits per heavy atom. The van der Waals surface area contributed by atoms with E-state index < -0.39 is 0 Å². The Labute approximate surface area is 208 Å². The largest absolute Gasteiger partial charge is 0.357 e. The van der Waals surface area contributed by atoms with E-state index >= 15 is 0 Å². The minimum absolute atomic E-state index is 0. The summed E-state index contributed by atoms with van der Waals surface area (Å²) in [4.78, 5) is 15.6. The summed E-state index contributed by atoms with van der Waals surface area (Å²) in [6.45, 7) is 7.57. The molecule has 0 aliphatic rings. The van der Waals surface area contributed by atoms with Gasteiger partial charge in [0, 0.05) is 44.3 Å². The van der Waals surface area contributed by atoms with Crippen LogP contribution < -0.4 is 10.6 Å². The van der Waals surface area contributed by atoms with Crippen molar-refractivity contribution < 1.29 is 0 Å². The average Bonchev–Trinajstić information content (AvgIpc) is 3.33. The molecule has 8 heteroatoms. The fourth-order valence-corrected chi connectivity index (χ4v) is 3.22. The number of benzene rings is 1. The second-order valence-corrected chi connectivity index (χ2v) is 7.65. The summed E-state index contributed by atoms with van der Waals surface area (Å²) in [6, 6.07) is 15.1. The maximum atomic E-state index is 4.71. The van der Waals surface area contributed by atoms with Gasteiger partial charge in [0.1, 0.15) is 12.1 Å². The van der Waals surface area contributed by atoms with Crippen LogP contribution in [-0.2, 0) is 13.1 Å². The van der Waals surface area contributed by atoms with E-state index in [2.05, 4.69) is 82.8 Å². The van der Waals surface area contributed by atoms with Crippen molar-refractivity contribution in [1.82, 2.24) is 30.1 Å². The van der Waals surface area contributed by atoms with E-state index in [0.29, 0.717) is 12.6 Å². The molecule has 0 fully saturated rings. The number of nitrogens with zero attached hydrogens (tertiary/aromatic N) is 5. The highest BCUT2D eigenvalue weighted by Crippen LogP contribution is 2.08. The third-order valence-electron chi connectivity index (χ3n) is 5.22. The summed E-state index contributed by atoms with van der Waals surface area (Å²) in [5.41, 5.74) is 2.41. The first-order valence-electron chi connectivity index (χ1n) is 10.8. The van der Waals surface area contributed by atoms with Crippen LogP contribution in [0.15, 0.2) is 72.4 Å². The molecule has 7 nitrogen and oxygen atoms in total. The SMILES string of the molecule is CCNC(=NCc1ccc(-n2ccnc2)nc1)NCCC(C)N(C)Cc1ccccc1.I. The zero-order valence-corrected chi connectivity index (χ0v) is 21.4. The lowest BCUT2D eigenvalue weighted by atomic mass is 10.1. The van der Waals surface area contributed by atoms with Crippen LogP contribution in [0, 0.1) is 0 Å². The van der Waals surface area contributed by atoms with Crippen LogP contribution in [0.3, 0.4) is 0 Å². The molecule has 0 spiro atoms. The number of nitrogens with one attached hydrogen (secondary N) is 2. The number of imidazole rings is 1. The molecular weight excluding hydrogens is 513 g/mol. The molecule has 1 unspecified atom stereocenters. The van der Waals surface area contributed by atoms with Crippen molar-refractivity contribution in [2.75, 3.05) is 20.1 Å². The van der Waals surface area contributed by atoms with Gasteiger partial charge < -0.3 is 10.6 Å². The number of aliphatic imine (C=N–C) groups is 1. The molecule has 3 rings (SSSR count). The first kappa shape index (κ1) is 25.8. The number of guanidine groups is 1. The normalized spacial score (nSPS) is 12.3. The maximum Gasteiger partial charge on any atom is 0.191 e. The second kappa shape index (κ2) is 13.8.